The fourth-order valence-corrected chi connectivity index (χ4v) is 1.66. The number of aromatic carboxylic acids is 1. The number of benzene rings is 1. The third-order valence-corrected chi connectivity index (χ3v) is 2.55. The third kappa shape index (κ3) is 4.13. The van der Waals surface area contributed by atoms with E-state index in [9.17, 15) is 14.4 Å². The van der Waals surface area contributed by atoms with E-state index in [1.165, 1.54) is 13.1 Å². The summed E-state index contributed by atoms with van der Waals surface area (Å²) in [6.45, 7) is 1.24. The Morgan fingerprint density at radius 1 is 1.14 bits per heavy atom. The van der Waals surface area contributed by atoms with Crippen LogP contribution >= 0.6 is 0 Å². The maximum atomic E-state index is 11.8. The van der Waals surface area contributed by atoms with E-state index in [1.54, 1.807) is 24.3 Å². The van der Waals surface area contributed by atoms with Crippen LogP contribution in [-0.4, -0.2) is 37.9 Å². The van der Waals surface area contributed by atoms with Crippen molar-refractivity contribution in [3.63, 3.8) is 0 Å². The lowest BCUT2D eigenvalue weighted by Gasteiger charge is -2.06. The smallest absolute Gasteiger partial charge is 0.358 e. The lowest BCUT2D eigenvalue weighted by atomic mass is 10.2. The molecule has 0 aliphatic carbocycles. The number of nitrogens with zero attached hydrogens (tertiary/aromatic N) is 3. The molecule has 0 aliphatic rings. The number of carboxylic acid groups (broad SMARTS) is 1. The molecule has 0 aliphatic heterocycles. The first-order chi connectivity index (χ1) is 10.4. The third-order valence-electron chi connectivity index (χ3n) is 2.55. The zero-order chi connectivity index (χ0) is 16.1. The summed E-state index contributed by atoms with van der Waals surface area (Å²) in [4.78, 5) is 33.4. The molecule has 0 bridgehead atoms. The molecule has 0 unspecified atom stereocenters. The number of hydrogen-bond donors (Lipinski definition) is 3. The van der Waals surface area contributed by atoms with E-state index in [0.29, 0.717) is 11.4 Å². The second kappa shape index (κ2) is 6.48. The van der Waals surface area contributed by atoms with E-state index < -0.39 is 5.97 Å². The monoisotopic (exact) mass is 303 g/mol. The fourth-order valence-electron chi connectivity index (χ4n) is 1.66. The maximum Gasteiger partial charge on any atom is 0.358 e. The van der Waals surface area contributed by atoms with E-state index in [-0.39, 0.29) is 24.1 Å². The molecule has 0 spiro atoms. The highest BCUT2D eigenvalue weighted by Gasteiger charge is 2.10. The van der Waals surface area contributed by atoms with Crippen LogP contribution in [0.2, 0.25) is 0 Å². The summed E-state index contributed by atoms with van der Waals surface area (Å²) in [7, 11) is 0. The number of aromatic nitrogens is 3. The van der Waals surface area contributed by atoms with Crippen molar-refractivity contribution < 1.29 is 19.5 Å². The zero-order valence-electron chi connectivity index (χ0n) is 11.6. The highest BCUT2D eigenvalue weighted by Crippen LogP contribution is 2.13. The molecule has 2 aromatic rings. The molecule has 2 rings (SSSR count). The van der Waals surface area contributed by atoms with Crippen LogP contribution in [-0.2, 0) is 16.1 Å². The summed E-state index contributed by atoms with van der Waals surface area (Å²) >= 11 is 0. The number of carboxylic acids is 1. The molecule has 9 heteroatoms. The molecular weight excluding hydrogens is 290 g/mol. The van der Waals surface area contributed by atoms with Crippen LogP contribution in [0.1, 0.15) is 17.4 Å². The summed E-state index contributed by atoms with van der Waals surface area (Å²) in [5.41, 5.74) is 0.929. The van der Waals surface area contributed by atoms with Crippen molar-refractivity contribution in [1.82, 2.24) is 15.0 Å². The van der Waals surface area contributed by atoms with Gasteiger partial charge in [-0.25, -0.2) is 9.48 Å². The normalized spacial score (nSPS) is 10.0. The molecule has 1 aromatic carbocycles. The molecular formula is C13H13N5O4. The van der Waals surface area contributed by atoms with Crippen LogP contribution in [0.4, 0.5) is 11.4 Å². The first-order valence-corrected chi connectivity index (χ1v) is 6.25. The maximum absolute atomic E-state index is 11.8. The summed E-state index contributed by atoms with van der Waals surface area (Å²) in [6, 6.07) is 6.56. The molecule has 0 saturated carbocycles. The molecule has 0 saturated heterocycles. The van der Waals surface area contributed by atoms with Crippen molar-refractivity contribution in [1.29, 1.82) is 0 Å². The van der Waals surface area contributed by atoms with Gasteiger partial charge in [-0.3, -0.25) is 9.59 Å². The summed E-state index contributed by atoms with van der Waals surface area (Å²) in [5, 5.41) is 20.9. The number of hydrogen-bond acceptors (Lipinski definition) is 5. The van der Waals surface area contributed by atoms with Gasteiger partial charge in [0.05, 0.1) is 6.20 Å². The van der Waals surface area contributed by atoms with Gasteiger partial charge in [-0.1, -0.05) is 5.21 Å². The van der Waals surface area contributed by atoms with Crippen molar-refractivity contribution in [2.24, 2.45) is 0 Å². The Kier molecular flexibility index (Phi) is 4.47. The Balaban J connectivity index is 1.93. The predicted molar refractivity (Wildman–Crippen MR) is 76.4 cm³/mol. The molecule has 0 atom stereocenters. The number of amides is 2. The number of rotatable bonds is 5. The first-order valence-electron chi connectivity index (χ1n) is 6.25. The first kappa shape index (κ1) is 15.2. The van der Waals surface area contributed by atoms with Crippen molar-refractivity contribution in [2.45, 2.75) is 13.5 Å². The van der Waals surface area contributed by atoms with E-state index in [1.807, 2.05) is 0 Å². The number of carbonyl (C=O) groups excluding carboxylic acids is 2. The molecule has 0 fully saturated rings. The average molecular weight is 303 g/mol. The van der Waals surface area contributed by atoms with Gasteiger partial charge in [0, 0.05) is 18.3 Å². The standard InChI is InChI=1S/C13H13N5O4/c1-8(19)14-9-2-4-10(5-3-9)15-12(20)7-18-6-11(13(21)22)16-17-18/h2-6H,7H2,1H3,(H,14,19)(H,15,20)(H,21,22). The van der Waals surface area contributed by atoms with Gasteiger partial charge in [-0.2, -0.15) is 0 Å². The number of nitrogens with one attached hydrogen (secondary N) is 2. The molecule has 9 nitrogen and oxygen atoms in total. The largest absolute Gasteiger partial charge is 0.476 e. The van der Waals surface area contributed by atoms with E-state index >= 15 is 0 Å². The minimum atomic E-state index is -1.21. The minimum Gasteiger partial charge on any atom is -0.476 e. The summed E-state index contributed by atoms with van der Waals surface area (Å²) < 4.78 is 1.13. The summed E-state index contributed by atoms with van der Waals surface area (Å²) in [6.07, 6.45) is 1.17. The van der Waals surface area contributed by atoms with Gasteiger partial charge in [-0.15, -0.1) is 5.10 Å². The lowest BCUT2D eigenvalue weighted by Crippen LogP contribution is -2.19. The van der Waals surface area contributed by atoms with E-state index in [0.717, 1.165) is 4.68 Å². The number of anilines is 2. The van der Waals surface area contributed by atoms with Crippen LogP contribution in [0.25, 0.3) is 0 Å². The van der Waals surface area contributed by atoms with Gasteiger partial charge < -0.3 is 15.7 Å². The predicted octanol–water partition coefficient (Wildman–Crippen LogP) is 0.573. The SMILES string of the molecule is CC(=O)Nc1ccc(NC(=O)Cn2cc(C(=O)O)nn2)cc1. The summed E-state index contributed by atoms with van der Waals surface area (Å²) in [5.74, 6) is -1.77. The Hall–Kier alpha value is -3.23. The van der Waals surface area contributed by atoms with Crippen LogP contribution in [0.5, 0.6) is 0 Å². The molecule has 22 heavy (non-hydrogen) atoms. The Bertz CT molecular complexity index is 707. The molecule has 2 amide bonds. The van der Waals surface area contributed by atoms with Crippen LogP contribution in [0.3, 0.4) is 0 Å². The van der Waals surface area contributed by atoms with Gasteiger partial charge in [0.15, 0.2) is 5.69 Å². The van der Waals surface area contributed by atoms with E-state index in [4.69, 9.17) is 5.11 Å². The molecule has 114 valence electrons. The highest BCUT2D eigenvalue weighted by molar-refractivity contribution is 5.92. The van der Waals surface area contributed by atoms with Gasteiger partial charge in [0.25, 0.3) is 0 Å². The zero-order valence-corrected chi connectivity index (χ0v) is 11.6. The lowest BCUT2D eigenvalue weighted by molar-refractivity contribution is -0.117. The quantitative estimate of drug-likeness (QED) is 0.741. The molecule has 0 radical (unpaired) electrons. The molecule has 3 N–H and O–H groups in total. The van der Waals surface area contributed by atoms with Crippen molar-refractivity contribution in [3.05, 3.63) is 36.2 Å². The van der Waals surface area contributed by atoms with Crippen LogP contribution < -0.4 is 10.6 Å². The Morgan fingerprint density at radius 2 is 1.73 bits per heavy atom. The van der Waals surface area contributed by atoms with Gasteiger partial charge in [0.2, 0.25) is 11.8 Å². The molecule has 1 heterocycles. The van der Waals surface area contributed by atoms with Gasteiger partial charge >= 0.3 is 5.97 Å². The second-order valence-electron chi connectivity index (χ2n) is 4.41. The van der Waals surface area contributed by atoms with E-state index in [2.05, 4.69) is 20.9 Å². The topological polar surface area (TPSA) is 126 Å². The number of carbonyl (C=O) groups is 3. The van der Waals surface area contributed by atoms with Gasteiger partial charge in [-0.05, 0) is 24.3 Å². The molecule has 1 aromatic heterocycles. The second-order valence-corrected chi connectivity index (χ2v) is 4.41. The fraction of sp³-hybridized carbons (Fsp3) is 0.154. The van der Waals surface area contributed by atoms with Crippen molar-refractivity contribution in [3.8, 4) is 0 Å². The minimum absolute atomic E-state index is 0.159. The van der Waals surface area contributed by atoms with Crippen molar-refractivity contribution in [2.75, 3.05) is 10.6 Å². The Morgan fingerprint density at radius 3 is 2.23 bits per heavy atom. The highest BCUT2D eigenvalue weighted by atomic mass is 16.4. The van der Waals surface area contributed by atoms with Crippen LogP contribution in [0, 0.1) is 0 Å². The van der Waals surface area contributed by atoms with Crippen LogP contribution in [0.15, 0.2) is 30.5 Å². The Labute approximate surface area is 124 Å². The van der Waals surface area contributed by atoms with Crippen molar-refractivity contribution >= 4 is 29.2 Å². The average Bonchev–Trinajstić information content (AvgIpc) is 2.89. The van der Waals surface area contributed by atoms with Gasteiger partial charge in [0.1, 0.15) is 6.54 Å².